The number of nitrogen functional groups attached to an aromatic ring is 1. The Morgan fingerprint density at radius 3 is 1.32 bits per heavy atom. The fourth-order valence-corrected chi connectivity index (χ4v) is 8.45. The molecule has 0 spiro atoms. The van der Waals surface area contributed by atoms with Crippen LogP contribution in [0.15, 0.2) is 36.8 Å². The van der Waals surface area contributed by atoms with Crippen molar-refractivity contribution in [3.8, 4) is 0 Å². The Morgan fingerprint density at radius 1 is 0.594 bits per heavy atom. The molecule has 1 atom stereocenters. The van der Waals surface area contributed by atoms with Gasteiger partial charge >= 0.3 is 5.97 Å². The number of amides is 2. The molecule has 69 heavy (non-hydrogen) atoms. The van der Waals surface area contributed by atoms with E-state index in [1.165, 1.54) is 46.4 Å². The van der Waals surface area contributed by atoms with E-state index in [1.807, 2.05) is 87.2 Å². The number of nitrogens with two attached hydrogens (primary N) is 2. The first kappa shape index (κ1) is 60.2. The van der Waals surface area contributed by atoms with E-state index < -0.39 is 5.97 Å². The lowest BCUT2D eigenvalue weighted by molar-refractivity contribution is 0.0701. The van der Waals surface area contributed by atoms with E-state index in [0.717, 1.165) is 43.1 Å². The predicted octanol–water partition coefficient (Wildman–Crippen LogP) is 11.7. The highest BCUT2D eigenvalue weighted by Crippen LogP contribution is 2.30. The number of alkyl halides is 1. The maximum Gasteiger partial charge on any atom is 0.347 e. The van der Waals surface area contributed by atoms with Crippen LogP contribution in [0.1, 0.15) is 187 Å². The highest BCUT2D eigenvalue weighted by Gasteiger charge is 2.23. The molecule has 6 aromatic heterocycles. The number of carboxylic acid groups (broad SMARTS) is 1. The number of halogens is 2. The fraction of sp³-hybridized carbons (Fsp3) is 0.489. The topological polar surface area (TPSA) is 264 Å². The van der Waals surface area contributed by atoms with E-state index in [2.05, 4.69) is 114 Å². The van der Waals surface area contributed by atoms with Crippen molar-refractivity contribution in [2.75, 3.05) is 22.2 Å². The van der Waals surface area contributed by atoms with Crippen molar-refractivity contribution in [2.24, 2.45) is 5.73 Å². The van der Waals surface area contributed by atoms with Crippen molar-refractivity contribution >= 4 is 96.8 Å². The summed E-state index contributed by atoms with van der Waals surface area (Å²) in [7, 11) is 0. The second-order valence-electron chi connectivity index (χ2n) is 19.2. The minimum absolute atomic E-state index is 0.0634. The molecule has 17 nitrogen and oxygen atoms in total. The molecule has 0 aromatic carbocycles. The van der Waals surface area contributed by atoms with Crippen molar-refractivity contribution < 1.29 is 19.5 Å². The Hall–Kier alpha value is -4.93. The summed E-state index contributed by atoms with van der Waals surface area (Å²) < 4.78 is 0. The molecule has 0 aliphatic rings. The van der Waals surface area contributed by atoms with E-state index in [0.29, 0.717) is 49.1 Å². The average molecular weight is 1090 g/mol. The maximum absolute atomic E-state index is 12.3. The largest absolute Gasteiger partial charge is 0.477 e. The SMILES string of the molecule is CBr.CC(C)c1ncc(C(=O)Nc2cc(C(C)(C)C)c(Cl)nn2)s1.CC(C)c1ncc(C(=O)O)s1.Cc1nnc(N)cc1C(C)(C)C.Cc1nnc(NC(=O)c2cnc(C(C)N)s2)cc1C(C)(C)C. The van der Waals surface area contributed by atoms with E-state index in [-0.39, 0.29) is 34.1 Å². The van der Waals surface area contributed by atoms with Crippen LogP contribution in [0.5, 0.6) is 0 Å². The molecular weight excluding hydrogens is 1020 g/mol. The third-order valence-corrected chi connectivity index (χ3v) is 13.3. The molecule has 22 heteroatoms. The number of hydrogen-bond acceptors (Lipinski definition) is 17. The Labute approximate surface area is 431 Å². The normalized spacial score (nSPS) is 11.7. The number of hydrogen-bond donors (Lipinski definition) is 5. The van der Waals surface area contributed by atoms with Gasteiger partial charge in [0.1, 0.15) is 25.5 Å². The lowest BCUT2D eigenvalue weighted by atomic mass is 9.86. The first-order chi connectivity index (χ1) is 31.9. The molecule has 0 fully saturated rings. The van der Waals surface area contributed by atoms with Gasteiger partial charge in [0.25, 0.3) is 11.8 Å². The standard InChI is InChI=1S/C15H19ClN4OS.C15H21N5OS.C9H15N3.C7H9NO2S.CH3Br/c1-8(2)14-17-7-10(22-14)13(21)18-11-6-9(15(3,4)5)12(16)20-19-11;1-8(16)14-17-7-11(22-14)13(21)18-12-6-10(15(3,4)5)9(2)19-20-12;1-6-7(9(2,3)4)5-8(10)12-11-6;1-4(2)6-8-3-5(11-6)7(9)10;1-2/h6-8H,1-5H3,(H,18,19,21);6-8H,16H2,1-5H3,(H,18,20,21);5H,1-4H3,(H2,10,12);3-4H,1-2H3,(H,9,10);1H3. The second-order valence-corrected chi connectivity index (χ2v) is 22.7. The second kappa shape index (κ2) is 26.3. The first-order valence-electron chi connectivity index (χ1n) is 21.7. The number of carboxylic acids is 1. The van der Waals surface area contributed by atoms with Crippen molar-refractivity contribution in [1.82, 2.24) is 45.5 Å². The minimum Gasteiger partial charge on any atom is -0.477 e. The molecule has 1 unspecified atom stereocenters. The zero-order valence-corrected chi connectivity index (χ0v) is 47.3. The first-order valence-corrected chi connectivity index (χ1v) is 26.2. The highest BCUT2D eigenvalue weighted by molar-refractivity contribution is 9.08. The Kier molecular flexibility index (Phi) is 23.0. The van der Waals surface area contributed by atoms with Crippen molar-refractivity contribution in [1.29, 1.82) is 0 Å². The van der Waals surface area contributed by atoms with Gasteiger partial charge in [-0.3, -0.25) is 9.59 Å². The van der Waals surface area contributed by atoms with Crippen molar-refractivity contribution in [3.63, 3.8) is 0 Å². The summed E-state index contributed by atoms with van der Waals surface area (Å²) in [6.45, 7) is 32.5. The summed E-state index contributed by atoms with van der Waals surface area (Å²) >= 11 is 12.9. The summed E-state index contributed by atoms with van der Waals surface area (Å²) in [6, 6.07) is 5.34. The van der Waals surface area contributed by atoms with Crippen LogP contribution in [0.25, 0.3) is 0 Å². The van der Waals surface area contributed by atoms with Gasteiger partial charge < -0.3 is 27.2 Å². The Bertz CT molecular complexity index is 2510. The average Bonchev–Trinajstić information content (AvgIpc) is 4.06. The highest BCUT2D eigenvalue weighted by atomic mass is 79.9. The van der Waals surface area contributed by atoms with E-state index in [1.54, 1.807) is 12.3 Å². The van der Waals surface area contributed by atoms with E-state index in [9.17, 15) is 14.4 Å². The molecule has 376 valence electrons. The molecule has 0 aliphatic heterocycles. The van der Waals surface area contributed by atoms with Gasteiger partial charge in [-0.25, -0.2) is 19.7 Å². The van der Waals surface area contributed by atoms with Crippen LogP contribution >= 0.6 is 61.5 Å². The molecule has 0 saturated carbocycles. The number of aryl methyl sites for hydroxylation is 2. The van der Waals surface area contributed by atoms with Gasteiger partial charge in [-0.2, -0.15) is 10.2 Å². The fourth-order valence-electron chi connectivity index (χ4n) is 5.74. The summed E-state index contributed by atoms with van der Waals surface area (Å²) in [6.07, 6.45) is 4.52. The number of aromatic nitrogens is 9. The quantitative estimate of drug-likeness (QED) is 0.0887. The van der Waals surface area contributed by atoms with Crippen LogP contribution in [0.4, 0.5) is 17.5 Å². The number of thiazole rings is 3. The van der Waals surface area contributed by atoms with Gasteiger partial charge in [0.05, 0.1) is 46.0 Å². The lowest BCUT2D eigenvalue weighted by Crippen LogP contribution is -2.18. The molecule has 0 radical (unpaired) electrons. The summed E-state index contributed by atoms with van der Waals surface area (Å²) in [4.78, 5) is 48.7. The van der Waals surface area contributed by atoms with Gasteiger partial charge in [0.2, 0.25) is 0 Å². The third kappa shape index (κ3) is 19.1. The van der Waals surface area contributed by atoms with Gasteiger partial charge in [-0.15, -0.1) is 54.4 Å². The third-order valence-electron chi connectivity index (χ3n) is 9.24. The predicted molar refractivity (Wildman–Crippen MR) is 286 cm³/mol. The number of rotatable bonds is 8. The molecule has 0 saturated heterocycles. The van der Waals surface area contributed by atoms with Crippen molar-refractivity contribution in [3.05, 3.63) is 99.7 Å². The number of nitrogens with one attached hydrogen (secondary N) is 2. The maximum atomic E-state index is 12.3. The van der Waals surface area contributed by atoms with Crippen LogP contribution in [0.3, 0.4) is 0 Å². The molecule has 0 bridgehead atoms. The summed E-state index contributed by atoms with van der Waals surface area (Å²) in [5.74, 6) is 2.37. The van der Waals surface area contributed by atoms with Gasteiger partial charge in [0, 0.05) is 17.4 Å². The zero-order valence-electron chi connectivity index (χ0n) is 42.5. The lowest BCUT2D eigenvalue weighted by Gasteiger charge is -2.21. The molecule has 6 heterocycles. The Morgan fingerprint density at radius 2 is 0.957 bits per heavy atom. The Balaban J connectivity index is 0.000000325. The molecular formula is C47H67BrClN13O4S3. The van der Waals surface area contributed by atoms with Crippen LogP contribution in [0.2, 0.25) is 5.15 Å². The number of carbonyl (C=O) groups is 3. The molecule has 0 aliphatic carbocycles. The molecule has 6 rings (SSSR count). The van der Waals surface area contributed by atoms with Crippen molar-refractivity contribution in [2.45, 2.75) is 145 Å². The van der Waals surface area contributed by atoms with Crippen LogP contribution in [0, 0.1) is 13.8 Å². The monoisotopic (exact) mass is 1090 g/mol. The van der Waals surface area contributed by atoms with Crippen LogP contribution in [-0.2, 0) is 16.2 Å². The van der Waals surface area contributed by atoms with Gasteiger partial charge in [-0.05, 0) is 72.2 Å². The van der Waals surface area contributed by atoms with E-state index in [4.69, 9.17) is 28.2 Å². The van der Waals surface area contributed by atoms with E-state index >= 15 is 0 Å². The van der Waals surface area contributed by atoms with Crippen LogP contribution < -0.4 is 22.1 Å². The number of carbonyl (C=O) groups excluding carboxylic acids is 2. The van der Waals surface area contributed by atoms with Gasteiger partial charge in [-0.1, -0.05) is 118 Å². The zero-order chi connectivity index (χ0) is 52.8. The van der Waals surface area contributed by atoms with Gasteiger partial charge in [0.15, 0.2) is 16.8 Å². The summed E-state index contributed by atoms with van der Waals surface area (Å²) in [5, 5.41) is 40.7. The van der Waals surface area contributed by atoms with Crippen LogP contribution in [-0.4, -0.2) is 74.3 Å². The molecule has 7 N–H and O–H groups in total. The summed E-state index contributed by atoms with van der Waals surface area (Å²) in [5.41, 5.74) is 16.0. The smallest absolute Gasteiger partial charge is 0.347 e. The molecule has 2 amide bonds. The molecule has 6 aromatic rings. The minimum atomic E-state index is -0.894. The number of nitrogens with zero attached hydrogens (tertiary/aromatic N) is 9. The number of anilines is 3. The number of aromatic carboxylic acids is 1.